The maximum atomic E-state index is 12.5. The summed E-state index contributed by atoms with van der Waals surface area (Å²) in [4.78, 5) is 12.1. The standard InChI is InChI=1S/C19H20N4O4S2/c1-13-8-6-7-11-16(13)27-12-14(2)23-29(25,26)19-22-21-18(28-19)20-17(24)15-9-4-3-5-10-15/h3-11,14,23H,12H2,1-2H3,(H,20,21,24)/t14-/m1/s1. The van der Waals surface area contributed by atoms with E-state index in [9.17, 15) is 13.2 Å². The Morgan fingerprint density at radius 2 is 1.79 bits per heavy atom. The van der Waals surface area contributed by atoms with Gasteiger partial charge in [-0.25, -0.2) is 13.1 Å². The molecule has 1 heterocycles. The van der Waals surface area contributed by atoms with Crippen molar-refractivity contribution in [1.82, 2.24) is 14.9 Å². The third-order valence-electron chi connectivity index (χ3n) is 3.83. The van der Waals surface area contributed by atoms with E-state index in [1.54, 1.807) is 37.3 Å². The Hall–Kier alpha value is -2.82. The normalized spacial score (nSPS) is 12.3. The Bertz CT molecular complexity index is 1080. The third kappa shape index (κ3) is 5.59. The van der Waals surface area contributed by atoms with Crippen LogP contribution in [0.2, 0.25) is 0 Å². The molecule has 152 valence electrons. The molecular formula is C19H20N4O4S2. The quantitative estimate of drug-likeness (QED) is 0.530. The molecule has 0 aliphatic heterocycles. The molecule has 0 fully saturated rings. The predicted octanol–water partition coefficient (Wildman–Crippen LogP) is 2.84. The number of carbonyl (C=O) groups is 1. The zero-order valence-corrected chi connectivity index (χ0v) is 17.5. The van der Waals surface area contributed by atoms with Crippen LogP contribution in [0.1, 0.15) is 22.8 Å². The lowest BCUT2D eigenvalue weighted by Crippen LogP contribution is -2.36. The lowest BCUT2D eigenvalue weighted by atomic mass is 10.2. The second-order valence-corrected chi connectivity index (χ2v) is 9.16. The second kappa shape index (κ2) is 9.12. The summed E-state index contributed by atoms with van der Waals surface area (Å²) in [6.07, 6.45) is 0. The van der Waals surface area contributed by atoms with Gasteiger partial charge in [-0.3, -0.25) is 10.1 Å². The SMILES string of the molecule is Cc1ccccc1OC[C@@H](C)NS(=O)(=O)c1nnc(NC(=O)c2ccccc2)s1. The highest BCUT2D eigenvalue weighted by Gasteiger charge is 2.23. The number of anilines is 1. The summed E-state index contributed by atoms with van der Waals surface area (Å²) in [5, 5.41) is 10.1. The summed E-state index contributed by atoms with van der Waals surface area (Å²) in [5.74, 6) is 0.305. The molecule has 0 saturated heterocycles. The molecule has 0 spiro atoms. The summed E-state index contributed by atoms with van der Waals surface area (Å²) in [5.41, 5.74) is 1.40. The first kappa shape index (κ1) is 20.9. The monoisotopic (exact) mass is 432 g/mol. The number of amides is 1. The molecule has 29 heavy (non-hydrogen) atoms. The van der Waals surface area contributed by atoms with E-state index in [-0.39, 0.29) is 16.1 Å². The maximum Gasteiger partial charge on any atom is 0.270 e. The fourth-order valence-electron chi connectivity index (χ4n) is 2.41. The molecule has 8 nitrogen and oxygen atoms in total. The molecule has 2 N–H and O–H groups in total. The van der Waals surface area contributed by atoms with Crippen molar-refractivity contribution in [1.29, 1.82) is 0 Å². The van der Waals surface area contributed by atoms with Crippen molar-refractivity contribution in [3.05, 3.63) is 65.7 Å². The van der Waals surface area contributed by atoms with E-state index < -0.39 is 22.0 Å². The Morgan fingerprint density at radius 1 is 1.10 bits per heavy atom. The molecular weight excluding hydrogens is 412 g/mol. The summed E-state index contributed by atoms with van der Waals surface area (Å²) in [6, 6.07) is 15.5. The molecule has 0 aliphatic rings. The topological polar surface area (TPSA) is 110 Å². The van der Waals surface area contributed by atoms with E-state index in [2.05, 4.69) is 20.2 Å². The van der Waals surface area contributed by atoms with E-state index >= 15 is 0 Å². The average Bonchev–Trinajstić information content (AvgIpc) is 3.17. The molecule has 1 aromatic heterocycles. The van der Waals surface area contributed by atoms with Crippen LogP contribution in [0.15, 0.2) is 58.9 Å². The maximum absolute atomic E-state index is 12.5. The van der Waals surface area contributed by atoms with Crippen LogP contribution < -0.4 is 14.8 Å². The van der Waals surface area contributed by atoms with E-state index in [1.165, 1.54) is 0 Å². The summed E-state index contributed by atoms with van der Waals surface area (Å²) in [7, 11) is -3.89. The zero-order valence-electron chi connectivity index (χ0n) is 15.8. The molecule has 1 amide bonds. The average molecular weight is 433 g/mol. The van der Waals surface area contributed by atoms with Gasteiger partial charge in [0.15, 0.2) is 0 Å². The molecule has 3 aromatic rings. The summed E-state index contributed by atoms with van der Waals surface area (Å²) in [6.45, 7) is 3.76. The van der Waals surface area contributed by atoms with Crippen LogP contribution in [-0.2, 0) is 10.0 Å². The zero-order chi connectivity index (χ0) is 20.9. The van der Waals surface area contributed by atoms with Crippen LogP contribution >= 0.6 is 11.3 Å². The second-order valence-electron chi connectivity index (χ2n) is 6.29. The highest BCUT2D eigenvalue weighted by Crippen LogP contribution is 2.21. The number of benzene rings is 2. The van der Waals surface area contributed by atoms with E-state index in [0.29, 0.717) is 11.3 Å². The molecule has 1 atom stereocenters. The molecule has 0 aliphatic carbocycles. The highest BCUT2D eigenvalue weighted by atomic mass is 32.2. The largest absolute Gasteiger partial charge is 0.492 e. The van der Waals surface area contributed by atoms with Gasteiger partial charge < -0.3 is 4.74 Å². The fourth-order valence-corrected chi connectivity index (χ4v) is 4.55. The molecule has 10 heteroatoms. The van der Waals surface area contributed by atoms with Crippen LogP contribution in [-0.4, -0.2) is 37.2 Å². The van der Waals surface area contributed by atoms with E-state index in [4.69, 9.17) is 4.74 Å². The number of rotatable bonds is 8. The first-order valence-corrected chi connectivity index (χ1v) is 11.1. The van der Waals surface area contributed by atoms with Gasteiger partial charge in [-0.15, -0.1) is 10.2 Å². The van der Waals surface area contributed by atoms with Crippen molar-refractivity contribution in [2.75, 3.05) is 11.9 Å². The first-order chi connectivity index (χ1) is 13.8. The molecule has 0 radical (unpaired) electrons. The summed E-state index contributed by atoms with van der Waals surface area (Å²) < 4.78 is 33.0. The number of nitrogens with one attached hydrogen (secondary N) is 2. The number of aryl methyl sites for hydroxylation is 1. The van der Waals surface area contributed by atoms with Gasteiger partial charge in [0.05, 0.1) is 6.04 Å². The Kier molecular flexibility index (Phi) is 6.57. The first-order valence-electron chi connectivity index (χ1n) is 8.76. The van der Waals surface area contributed by atoms with Crippen molar-refractivity contribution in [2.45, 2.75) is 24.2 Å². The van der Waals surface area contributed by atoms with Crippen molar-refractivity contribution in [3.8, 4) is 5.75 Å². The van der Waals surface area contributed by atoms with E-state index in [1.807, 2.05) is 31.2 Å². The smallest absolute Gasteiger partial charge is 0.270 e. The number of hydrogen-bond acceptors (Lipinski definition) is 7. The molecule has 3 rings (SSSR count). The third-order valence-corrected chi connectivity index (χ3v) is 6.63. The van der Waals surface area contributed by atoms with Crippen LogP contribution in [0, 0.1) is 6.92 Å². The van der Waals surface area contributed by atoms with Gasteiger partial charge in [-0.1, -0.05) is 47.7 Å². The minimum Gasteiger partial charge on any atom is -0.492 e. The van der Waals surface area contributed by atoms with Gasteiger partial charge in [0.1, 0.15) is 12.4 Å². The van der Waals surface area contributed by atoms with Crippen LogP contribution in [0.4, 0.5) is 5.13 Å². The fraction of sp³-hybridized carbons (Fsp3) is 0.211. The van der Waals surface area contributed by atoms with Crippen LogP contribution in [0.25, 0.3) is 0 Å². The van der Waals surface area contributed by atoms with Gasteiger partial charge in [0, 0.05) is 5.56 Å². The van der Waals surface area contributed by atoms with Crippen molar-refractivity contribution < 1.29 is 17.9 Å². The van der Waals surface area contributed by atoms with Crippen LogP contribution in [0.5, 0.6) is 5.75 Å². The van der Waals surface area contributed by atoms with Gasteiger partial charge >= 0.3 is 0 Å². The van der Waals surface area contributed by atoms with Gasteiger partial charge in [-0.2, -0.15) is 0 Å². The summed E-state index contributed by atoms with van der Waals surface area (Å²) >= 11 is 0.776. The number of hydrogen-bond donors (Lipinski definition) is 2. The lowest BCUT2D eigenvalue weighted by Gasteiger charge is -2.15. The van der Waals surface area contributed by atoms with Crippen LogP contribution in [0.3, 0.4) is 0 Å². The molecule has 0 unspecified atom stereocenters. The molecule has 0 bridgehead atoms. The predicted molar refractivity (Wildman–Crippen MR) is 111 cm³/mol. The number of nitrogens with zero attached hydrogens (tertiary/aromatic N) is 2. The Labute approximate surface area is 173 Å². The minimum absolute atomic E-state index is 0.100. The van der Waals surface area contributed by atoms with Gasteiger partial charge in [0.2, 0.25) is 9.47 Å². The number of aromatic nitrogens is 2. The molecule has 0 saturated carbocycles. The highest BCUT2D eigenvalue weighted by molar-refractivity contribution is 7.91. The Morgan fingerprint density at radius 3 is 2.52 bits per heavy atom. The number of carbonyl (C=O) groups excluding carboxylic acids is 1. The van der Waals surface area contributed by atoms with Crippen molar-refractivity contribution in [2.24, 2.45) is 0 Å². The van der Waals surface area contributed by atoms with E-state index in [0.717, 1.165) is 16.9 Å². The van der Waals surface area contributed by atoms with Crippen molar-refractivity contribution in [3.63, 3.8) is 0 Å². The number of para-hydroxylation sites is 1. The number of ether oxygens (including phenoxy) is 1. The van der Waals surface area contributed by atoms with Crippen molar-refractivity contribution >= 4 is 32.4 Å². The van der Waals surface area contributed by atoms with Gasteiger partial charge in [-0.05, 0) is 37.6 Å². The van der Waals surface area contributed by atoms with Gasteiger partial charge in [0.25, 0.3) is 15.9 Å². The molecule has 2 aromatic carbocycles. The minimum atomic E-state index is -3.89. The lowest BCUT2D eigenvalue weighted by molar-refractivity contribution is 0.102. The number of sulfonamides is 1. The Balaban J connectivity index is 1.59.